The average molecular weight is 374 g/mol. The van der Waals surface area contributed by atoms with Crippen molar-refractivity contribution in [3.8, 4) is 5.75 Å². The molecular formula is C21H18N4O3. The number of hydrogen-bond donors (Lipinski definition) is 0. The second-order valence-corrected chi connectivity index (χ2v) is 6.30. The summed E-state index contributed by atoms with van der Waals surface area (Å²) in [5, 5.41) is 0. The molecule has 7 nitrogen and oxygen atoms in total. The molecule has 4 aromatic rings. The van der Waals surface area contributed by atoms with E-state index in [0.717, 1.165) is 11.3 Å². The summed E-state index contributed by atoms with van der Waals surface area (Å²) in [5.41, 5.74) is 1.49. The van der Waals surface area contributed by atoms with E-state index in [4.69, 9.17) is 4.74 Å². The van der Waals surface area contributed by atoms with Crippen molar-refractivity contribution in [2.45, 2.75) is 13.1 Å². The Bertz CT molecular complexity index is 1230. The number of methoxy groups -OCH3 is 1. The Morgan fingerprint density at radius 3 is 2.36 bits per heavy atom. The minimum absolute atomic E-state index is 0.149. The predicted octanol–water partition coefficient (Wildman–Crippen LogP) is 2.06. The van der Waals surface area contributed by atoms with Crippen LogP contribution in [-0.4, -0.2) is 26.2 Å². The van der Waals surface area contributed by atoms with Crippen molar-refractivity contribution < 1.29 is 4.74 Å². The van der Waals surface area contributed by atoms with Crippen molar-refractivity contribution in [2.24, 2.45) is 0 Å². The van der Waals surface area contributed by atoms with Gasteiger partial charge >= 0.3 is 5.69 Å². The fourth-order valence-electron chi connectivity index (χ4n) is 3.10. The van der Waals surface area contributed by atoms with Gasteiger partial charge in [0.05, 0.1) is 31.4 Å². The highest BCUT2D eigenvalue weighted by atomic mass is 16.5. The molecule has 0 saturated heterocycles. The van der Waals surface area contributed by atoms with E-state index >= 15 is 0 Å². The highest BCUT2D eigenvalue weighted by Crippen LogP contribution is 2.12. The van der Waals surface area contributed by atoms with E-state index in [9.17, 15) is 9.59 Å². The van der Waals surface area contributed by atoms with Gasteiger partial charge < -0.3 is 4.74 Å². The van der Waals surface area contributed by atoms with Crippen LogP contribution >= 0.6 is 0 Å². The molecule has 0 aliphatic rings. The minimum Gasteiger partial charge on any atom is -0.497 e. The highest BCUT2D eigenvalue weighted by Gasteiger charge is 2.15. The molecule has 0 bridgehead atoms. The molecule has 4 rings (SSSR count). The minimum atomic E-state index is -0.409. The Morgan fingerprint density at radius 2 is 1.64 bits per heavy atom. The Morgan fingerprint density at radius 1 is 0.857 bits per heavy atom. The molecule has 0 atom stereocenters. The normalized spacial score (nSPS) is 10.9. The number of benzene rings is 1. The van der Waals surface area contributed by atoms with Crippen LogP contribution < -0.4 is 16.0 Å². The number of ether oxygens (including phenoxy) is 1. The van der Waals surface area contributed by atoms with Crippen LogP contribution in [0.1, 0.15) is 11.3 Å². The molecule has 0 saturated carbocycles. The van der Waals surface area contributed by atoms with Gasteiger partial charge in [-0.25, -0.2) is 9.78 Å². The Balaban J connectivity index is 1.86. The Kier molecular flexibility index (Phi) is 4.72. The third kappa shape index (κ3) is 3.29. The van der Waals surface area contributed by atoms with Gasteiger partial charge in [0, 0.05) is 12.4 Å². The van der Waals surface area contributed by atoms with E-state index in [1.54, 1.807) is 43.8 Å². The molecule has 7 heteroatoms. The van der Waals surface area contributed by atoms with Gasteiger partial charge in [0.2, 0.25) is 0 Å². The molecule has 0 fully saturated rings. The molecule has 3 heterocycles. The molecule has 3 aromatic heterocycles. The number of pyridine rings is 2. The molecule has 140 valence electrons. The average Bonchev–Trinajstić information content (AvgIpc) is 2.75. The van der Waals surface area contributed by atoms with Crippen LogP contribution in [0.4, 0.5) is 0 Å². The van der Waals surface area contributed by atoms with Gasteiger partial charge in [-0.2, -0.15) is 0 Å². The van der Waals surface area contributed by atoms with E-state index in [1.807, 2.05) is 30.3 Å². The molecule has 1 aromatic carbocycles. The quantitative estimate of drug-likeness (QED) is 0.534. The summed E-state index contributed by atoms with van der Waals surface area (Å²) < 4.78 is 7.90. The van der Waals surface area contributed by atoms with Crippen LogP contribution in [0.25, 0.3) is 11.0 Å². The summed E-state index contributed by atoms with van der Waals surface area (Å²) in [7, 11) is 1.59. The van der Waals surface area contributed by atoms with Crippen molar-refractivity contribution in [2.75, 3.05) is 7.11 Å². The van der Waals surface area contributed by atoms with E-state index < -0.39 is 11.2 Å². The second kappa shape index (κ2) is 7.48. The number of rotatable bonds is 5. The molecule has 0 amide bonds. The molecule has 0 aliphatic heterocycles. The summed E-state index contributed by atoms with van der Waals surface area (Å²) >= 11 is 0. The Hall–Kier alpha value is -3.74. The Labute approximate surface area is 160 Å². The first-order valence-electron chi connectivity index (χ1n) is 8.78. The molecule has 0 spiro atoms. The fraction of sp³-hybridized carbons (Fsp3) is 0.143. The van der Waals surface area contributed by atoms with Crippen molar-refractivity contribution >= 4 is 11.0 Å². The van der Waals surface area contributed by atoms with Crippen molar-refractivity contribution in [1.82, 2.24) is 19.1 Å². The zero-order valence-electron chi connectivity index (χ0n) is 15.3. The van der Waals surface area contributed by atoms with E-state index in [0.29, 0.717) is 11.3 Å². The zero-order chi connectivity index (χ0) is 19.5. The maximum atomic E-state index is 13.2. The smallest absolute Gasteiger partial charge is 0.332 e. The maximum Gasteiger partial charge on any atom is 0.332 e. The molecule has 0 aliphatic carbocycles. The first kappa shape index (κ1) is 17.7. The first-order valence-corrected chi connectivity index (χ1v) is 8.78. The van der Waals surface area contributed by atoms with Gasteiger partial charge in [0.15, 0.2) is 5.52 Å². The van der Waals surface area contributed by atoms with Crippen LogP contribution in [0.3, 0.4) is 0 Å². The summed E-state index contributed by atoms with van der Waals surface area (Å²) in [6, 6.07) is 16.2. The number of aromatic nitrogens is 4. The number of fused-ring (bicyclic) bond motifs is 1. The van der Waals surface area contributed by atoms with Gasteiger partial charge in [-0.05, 0) is 42.0 Å². The lowest BCUT2D eigenvalue weighted by atomic mass is 10.2. The van der Waals surface area contributed by atoms with E-state index in [2.05, 4.69) is 9.97 Å². The number of hydrogen-bond acceptors (Lipinski definition) is 5. The monoisotopic (exact) mass is 374 g/mol. The predicted molar refractivity (Wildman–Crippen MR) is 106 cm³/mol. The van der Waals surface area contributed by atoms with Crippen LogP contribution in [0.15, 0.2) is 76.6 Å². The molecule has 0 N–H and O–H groups in total. The highest BCUT2D eigenvalue weighted by molar-refractivity contribution is 5.73. The third-order valence-electron chi connectivity index (χ3n) is 4.53. The standard InChI is InChI=1S/C21H18N4O3/c1-28-17-9-7-15(8-10-17)13-25-20(26)19-18(6-4-12-23-19)24(21(25)27)14-16-5-2-3-11-22-16/h2-12H,13-14H2,1H3. The topological polar surface area (TPSA) is 79.0 Å². The number of nitrogens with zero attached hydrogens (tertiary/aromatic N) is 4. The summed E-state index contributed by atoms with van der Waals surface area (Å²) in [6.07, 6.45) is 3.23. The van der Waals surface area contributed by atoms with Crippen LogP contribution in [0.2, 0.25) is 0 Å². The molecule has 28 heavy (non-hydrogen) atoms. The summed E-state index contributed by atoms with van der Waals surface area (Å²) in [4.78, 5) is 34.6. The van der Waals surface area contributed by atoms with Gasteiger partial charge in [-0.1, -0.05) is 18.2 Å². The van der Waals surface area contributed by atoms with E-state index in [-0.39, 0.29) is 18.6 Å². The van der Waals surface area contributed by atoms with E-state index in [1.165, 1.54) is 9.13 Å². The molecular weight excluding hydrogens is 356 g/mol. The van der Waals surface area contributed by atoms with Crippen LogP contribution in [-0.2, 0) is 13.1 Å². The summed E-state index contributed by atoms with van der Waals surface area (Å²) in [6.45, 7) is 0.404. The van der Waals surface area contributed by atoms with Gasteiger partial charge in [-0.3, -0.25) is 18.9 Å². The molecule has 0 radical (unpaired) electrons. The zero-order valence-corrected chi connectivity index (χ0v) is 15.3. The lowest BCUT2D eigenvalue weighted by Crippen LogP contribution is -2.41. The lowest BCUT2D eigenvalue weighted by molar-refractivity contribution is 0.414. The first-order chi connectivity index (χ1) is 13.7. The van der Waals surface area contributed by atoms with Crippen molar-refractivity contribution in [3.63, 3.8) is 0 Å². The lowest BCUT2D eigenvalue weighted by Gasteiger charge is -2.13. The SMILES string of the molecule is COc1ccc(Cn2c(=O)c3ncccc3n(Cc3ccccn3)c2=O)cc1. The maximum absolute atomic E-state index is 13.2. The fourth-order valence-corrected chi connectivity index (χ4v) is 3.10. The van der Waals surface area contributed by atoms with Gasteiger partial charge in [-0.15, -0.1) is 0 Å². The van der Waals surface area contributed by atoms with Gasteiger partial charge in [0.1, 0.15) is 5.75 Å². The third-order valence-corrected chi connectivity index (χ3v) is 4.53. The molecule has 0 unspecified atom stereocenters. The largest absolute Gasteiger partial charge is 0.497 e. The van der Waals surface area contributed by atoms with Crippen molar-refractivity contribution in [3.05, 3.63) is 99.1 Å². The van der Waals surface area contributed by atoms with Crippen LogP contribution in [0.5, 0.6) is 5.75 Å². The van der Waals surface area contributed by atoms with Gasteiger partial charge in [0.25, 0.3) is 5.56 Å². The van der Waals surface area contributed by atoms with Crippen molar-refractivity contribution in [1.29, 1.82) is 0 Å². The van der Waals surface area contributed by atoms with Crippen LogP contribution in [0, 0.1) is 0 Å². The summed E-state index contributed by atoms with van der Waals surface area (Å²) in [5.74, 6) is 0.712. The second-order valence-electron chi connectivity index (χ2n) is 6.30.